The van der Waals surface area contributed by atoms with Crippen LogP contribution in [0.4, 0.5) is 0 Å². The Bertz CT molecular complexity index is 354. The Kier molecular flexibility index (Phi) is 4.42. The Morgan fingerprint density at radius 1 is 1.61 bits per heavy atom. The monoisotopic (exact) mass is 252 g/mol. The van der Waals surface area contributed by atoms with Crippen LogP contribution in [0.5, 0.6) is 0 Å². The predicted octanol–water partition coefficient (Wildman–Crippen LogP) is 3.74. The van der Waals surface area contributed by atoms with Gasteiger partial charge in [0, 0.05) is 0 Å². The second-order valence-corrected chi connectivity index (χ2v) is 6.62. The van der Waals surface area contributed by atoms with E-state index in [4.69, 9.17) is 0 Å². The zero-order valence-corrected chi connectivity index (χ0v) is 12.7. The number of hydrogen-bond acceptors (Lipinski definition) is 2. The van der Waals surface area contributed by atoms with Crippen LogP contribution in [0.1, 0.15) is 60.8 Å². The van der Waals surface area contributed by atoms with Gasteiger partial charge in [0.15, 0.2) is 0 Å². The van der Waals surface area contributed by atoms with Crippen molar-refractivity contribution in [2.45, 2.75) is 66.9 Å². The maximum absolute atomic E-state index is 11.8. The van der Waals surface area contributed by atoms with Gasteiger partial charge >= 0.3 is 0 Å². The summed E-state index contributed by atoms with van der Waals surface area (Å²) in [6, 6.07) is 0. The van der Waals surface area contributed by atoms with Gasteiger partial charge in [0.1, 0.15) is 5.78 Å². The van der Waals surface area contributed by atoms with E-state index in [1.165, 1.54) is 5.57 Å². The third kappa shape index (κ3) is 2.54. The number of aliphatic hydroxyl groups excluding tert-OH is 1. The quantitative estimate of drug-likeness (QED) is 0.757. The number of ketones is 1. The highest BCUT2D eigenvalue weighted by molar-refractivity contribution is 5.82. The first-order valence-corrected chi connectivity index (χ1v) is 7.02. The number of hydrogen-bond donors (Lipinski definition) is 1. The lowest BCUT2D eigenvalue weighted by Gasteiger charge is -2.37. The van der Waals surface area contributed by atoms with Crippen molar-refractivity contribution in [1.82, 2.24) is 0 Å². The van der Waals surface area contributed by atoms with Gasteiger partial charge < -0.3 is 5.11 Å². The number of allylic oxidation sites excluding steroid dienone is 2. The topological polar surface area (TPSA) is 37.3 Å². The summed E-state index contributed by atoms with van der Waals surface area (Å²) in [4.78, 5) is 11.8. The summed E-state index contributed by atoms with van der Waals surface area (Å²) in [6.45, 7) is 12.1. The first-order valence-electron chi connectivity index (χ1n) is 7.02. The Morgan fingerprint density at radius 3 is 2.50 bits per heavy atom. The van der Waals surface area contributed by atoms with E-state index in [1.54, 1.807) is 6.92 Å². The van der Waals surface area contributed by atoms with E-state index in [0.717, 1.165) is 6.42 Å². The van der Waals surface area contributed by atoms with Crippen LogP contribution in [0, 0.1) is 16.7 Å². The van der Waals surface area contributed by atoms with E-state index in [2.05, 4.69) is 26.8 Å². The minimum Gasteiger partial charge on any atom is -0.392 e. The van der Waals surface area contributed by atoms with E-state index in [0.29, 0.717) is 18.8 Å². The number of carbonyl (C=O) groups is 1. The minimum atomic E-state index is -0.591. The lowest BCUT2D eigenvalue weighted by Crippen LogP contribution is -2.40. The molecule has 0 aromatic heterocycles. The fraction of sp³-hybridized carbons (Fsp3) is 0.812. The number of aliphatic hydroxyl groups is 1. The molecule has 0 aliphatic heterocycles. The van der Waals surface area contributed by atoms with Gasteiger partial charge in [-0.2, -0.15) is 0 Å². The second kappa shape index (κ2) is 5.16. The summed E-state index contributed by atoms with van der Waals surface area (Å²) in [6.07, 6.45) is 4.17. The van der Waals surface area contributed by atoms with Crippen molar-refractivity contribution >= 4 is 5.78 Å². The molecule has 18 heavy (non-hydrogen) atoms. The molecule has 0 radical (unpaired) electrons. The minimum absolute atomic E-state index is 0.0954. The summed E-state index contributed by atoms with van der Waals surface area (Å²) in [5.74, 6) is 0.538. The summed E-state index contributed by atoms with van der Waals surface area (Å²) in [7, 11) is 0. The highest BCUT2D eigenvalue weighted by atomic mass is 16.3. The van der Waals surface area contributed by atoms with E-state index < -0.39 is 11.5 Å². The fourth-order valence-electron chi connectivity index (χ4n) is 2.84. The first kappa shape index (κ1) is 15.4. The van der Waals surface area contributed by atoms with Crippen LogP contribution in [0.2, 0.25) is 0 Å². The van der Waals surface area contributed by atoms with Crippen molar-refractivity contribution in [3.8, 4) is 0 Å². The molecule has 0 heterocycles. The largest absolute Gasteiger partial charge is 0.392 e. The van der Waals surface area contributed by atoms with Crippen LogP contribution < -0.4 is 0 Å². The Balaban J connectivity index is 2.78. The lowest BCUT2D eigenvalue weighted by molar-refractivity contribution is -0.133. The first-order chi connectivity index (χ1) is 8.16. The number of rotatable bonds is 5. The van der Waals surface area contributed by atoms with Crippen molar-refractivity contribution in [1.29, 1.82) is 0 Å². The van der Waals surface area contributed by atoms with E-state index in [9.17, 15) is 9.90 Å². The average molecular weight is 252 g/mol. The molecular weight excluding hydrogens is 224 g/mol. The second-order valence-electron chi connectivity index (χ2n) is 6.62. The maximum atomic E-state index is 11.8. The smallest absolute Gasteiger partial charge is 0.138 e. The van der Waals surface area contributed by atoms with Crippen molar-refractivity contribution in [3.63, 3.8) is 0 Å². The third-order valence-electron chi connectivity index (χ3n) is 5.53. The molecule has 3 atom stereocenters. The molecule has 2 heteroatoms. The zero-order chi connectivity index (χ0) is 14.1. The zero-order valence-electron chi connectivity index (χ0n) is 12.7. The molecule has 0 amide bonds. The van der Waals surface area contributed by atoms with Crippen molar-refractivity contribution in [2.24, 2.45) is 16.7 Å². The molecule has 0 saturated carbocycles. The van der Waals surface area contributed by atoms with Gasteiger partial charge in [-0.3, -0.25) is 4.79 Å². The molecule has 104 valence electrons. The fourth-order valence-corrected chi connectivity index (χ4v) is 2.84. The molecule has 0 bridgehead atoms. The Morgan fingerprint density at radius 2 is 2.17 bits per heavy atom. The average Bonchev–Trinajstić information content (AvgIpc) is 2.54. The van der Waals surface area contributed by atoms with Crippen LogP contribution >= 0.6 is 0 Å². The van der Waals surface area contributed by atoms with Crippen molar-refractivity contribution in [2.75, 3.05) is 0 Å². The normalized spacial score (nSPS) is 27.5. The Labute approximate surface area is 111 Å². The van der Waals surface area contributed by atoms with Gasteiger partial charge in [0.25, 0.3) is 0 Å². The van der Waals surface area contributed by atoms with Crippen LogP contribution in [0.25, 0.3) is 0 Å². The van der Waals surface area contributed by atoms with Crippen LogP contribution in [0.3, 0.4) is 0 Å². The molecule has 0 spiro atoms. The SMILES string of the molecule is CCC(C)(C(C)=O)C(O)CC1CC=C(C)C1(C)C. The van der Waals surface area contributed by atoms with Gasteiger partial charge in [-0.15, -0.1) is 0 Å². The molecule has 3 unspecified atom stereocenters. The molecular formula is C16H28O2. The van der Waals surface area contributed by atoms with Crippen molar-refractivity contribution in [3.05, 3.63) is 11.6 Å². The number of Topliss-reactive ketones (excluding diaryl/α,β-unsaturated/α-hetero) is 1. The van der Waals surface area contributed by atoms with E-state index in [-0.39, 0.29) is 11.2 Å². The maximum Gasteiger partial charge on any atom is 0.138 e. The van der Waals surface area contributed by atoms with Crippen LogP contribution in [-0.4, -0.2) is 17.0 Å². The highest BCUT2D eigenvalue weighted by Crippen LogP contribution is 2.46. The number of carbonyl (C=O) groups excluding carboxylic acids is 1. The molecule has 0 aromatic carbocycles. The molecule has 1 rings (SSSR count). The Hall–Kier alpha value is -0.630. The van der Waals surface area contributed by atoms with Gasteiger partial charge in [0.2, 0.25) is 0 Å². The molecule has 2 nitrogen and oxygen atoms in total. The molecule has 0 fully saturated rings. The van der Waals surface area contributed by atoms with E-state index in [1.807, 2.05) is 13.8 Å². The summed E-state index contributed by atoms with van der Waals surface area (Å²) in [5.41, 5.74) is 0.958. The standard InChI is InChI=1S/C16H28O2/c1-7-16(6,12(3)17)14(18)10-13-9-8-11(2)15(13,4)5/h8,13-14,18H,7,9-10H2,1-6H3. The highest BCUT2D eigenvalue weighted by Gasteiger charge is 2.42. The van der Waals surface area contributed by atoms with Crippen molar-refractivity contribution < 1.29 is 9.90 Å². The van der Waals surface area contributed by atoms with Gasteiger partial charge in [-0.1, -0.05) is 39.3 Å². The molecule has 1 aliphatic rings. The summed E-state index contributed by atoms with van der Waals surface area (Å²) >= 11 is 0. The van der Waals surface area contributed by atoms with Crippen LogP contribution in [0.15, 0.2) is 11.6 Å². The lowest BCUT2D eigenvalue weighted by atomic mass is 9.69. The summed E-state index contributed by atoms with van der Waals surface area (Å²) < 4.78 is 0. The summed E-state index contributed by atoms with van der Waals surface area (Å²) in [5, 5.41) is 10.5. The molecule has 0 aromatic rings. The van der Waals surface area contributed by atoms with Crippen LogP contribution in [-0.2, 0) is 4.79 Å². The molecule has 1 N–H and O–H groups in total. The van der Waals surface area contributed by atoms with Gasteiger partial charge in [0.05, 0.1) is 11.5 Å². The molecule has 0 saturated heterocycles. The predicted molar refractivity (Wildman–Crippen MR) is 75.3 cm³/mol. The van der Waals surface area contributed by atoms with Gasteiger partial charge in [-0.25, -0.2) is 0 Å². The third-order valence-corrected chi connectivity index (χ3v) is 5.53. The molecule has 1 aliphatic carbocycles. The van der Waals surface area contributed by atoms with E-state index >= 15 is 0 Å². The van der Waals surface area contributed by atoms with Gasteiger partial charge in [-0.05, 0) is 44.4 Å².